The Morgan fingerprint density at radius 3 is 2.73 bits per heavy atom. The van der Waals surface area contributed by atoms with Gasteiger partial charge in [0.1, 0.15) is 17.7 Å². The topological polar surface area (TPSA) is 60.5 Å². The first-order chi connectivity index (χ1) is 12.8. The molecule has 0 spiro atoms. The fourth-order valence-corrected chi connectivity index (χ4v) is 3.55. The van der Waals surface area contributed by atoms with Crippen LogP contribution in [0, 0.1) is 0 Å². The number of carbonyl (C=O) groups is 1. The van der Waals surface area contributed by atoms with Crippen LogP contribution in [0.15, 0.2) is 60.0 Å². The normalized spacial score (nSPS) is 15.5. The van der Waals surface area contributed by atoms with Gasteiger partial charge in [-0.15, -0.1) is 11.3 Å². The molecule has 0 bridgehead atoms. The van der Waals surface area contributed by atoms with Gasteiger partial charge >= 0.3 is 0 Å². The molecule has 1 aromatic heterocycles. The first kappa shape index (κ1) is 16.6. The number of fused-ring (bicyclic) bond motifs is 1. The van der Waals surface area contributed by atoms with Gasteiger partial charge in [0.25, 0.3) is 0 Å². The van der Waals surface area contributed by atoms with Crippen molar-refractivity contribution in [1.82, 2.24) is 10.3 Å². The van der Waals surface area contributed by atoms with Gasteiger partial charge in [0.15, 0.2) is 11.5 Å². The Balaban J connectivity index is 1.29. The number of carbonyl (C=O) groups excluding carboxylic acids is 1. The summed E-state index contributed by atoms with van der Waals surface area (Å²) in [4.78, 5) is 16.8. The van der Waals surface area contributed by atoms with Crippen LogP contribution >= 0.6 is 11.3 Å². The molecule has 1 unspecified atom stereocenters. The molecular weight excluding hydrogens is 348 g/mol. The molecule has 0 aliphatic carbocycles. The molecule has 1 aliphatic rings. The van der Waals surface area contributed by atoms with Gasteiger partial charge in [0.2, 0.25) is 5.91 Å². The number of ether oxygens (including phenoxy) is 2. The van der Waals surface area contributed by atoms with E-state index in [4.69, 9.17) is 9.47 Å². The van der Waals surface area contributed by atoms with Gasteiger partial charge in [0.05, 0.1) is 18.7 Å². The number of amides is 1. The van der Waals surface area contributed by atoms with E-state index >= 15 is 0 Å². The molecule has 0 radical (unpaired) electrons. The molecule has 26 heavy (non-hydrogen) atoms. The van der Waals surface area contributed by atoms with Crippen molar-refractivity contribution in [3.63, 3.8) is 0 Å². The van der Waals surface area contributed by atoms with Crippen LogP contribution in [0.2, 0.25) is 0 Å². The highest BCUT2D eigenvalue weighted by Gasteiger charge is 2.21. The number of hydrogen-bond acceptors (Lipinski definition) is 5. The monoisotopic (exact) mass is 366 g/mol. The molecule has 6 heteroatoms. The fraction of sp³-hybridized carbons (Fsp3) is 0.200. The Morgan fingerprint density at radius 2 is 1.88 bits per heavy atom. The minimum absolute atomic E-state index is 0.0719. The number of aromatic nitrogens is 1. The standard InChI is InChI=1S/C20H18N2O3S/c23-19(10-15-13-26-20(22-15)14-6-2-1-3-7-14)21-11-16-12-24-17-8-4-5-9-18(17)25-16/h1-9,13,16H,10-12H2,(H,21,23). The lowest BCUT2D eigenvalue weighted by atomic mass is 10.2. The highest BCUT2D eigenvalue weighted by Crippen LogP contribution is 2.30. The lowest BCUT2D eigenvalue weighted by molar-refractivity contribution is -0.121. The second kappa shape index (κ2) is 7.58. The Hall–Kier alpha value is -2.86. The van der Waals surface area contributed by atoms with E-state index in [0.717, 1.165) is 22.0 Å². The SMILES string of the molecule is O=C(Cc1csc(-c2ccccc2)n1)NCC1COc2ccccc2O1. The van der Waals surface area contributed by atoms with Crippen molar-refractivity contribution in [1.29, 1.82) is 0 Å². The maximum atomic E-state index is 12.2. The molecular formula is C20H18N2O3S. The van der Waals surface area contributed by atoms with Crippen LogP contribution in [0.5, 0.6) is 11.5 Å². The second-order valence-corrected chi connectivity index (χ2v) is 6.85. The van der Waals surface area contributed by atoms with E-state index in [0.29, 0.717) is 18.9 Å². The average Bonchev–Trinajstić information content (AvgIpc) is 3.15. The number of rotatable bonds is 5. The Bertz CT molecular complexity index is 895. The third-order valence-electron chi connectivity index (χ3n) is 4.01. The van der Waals surface area contributed by atoms with Crippen LogP contribution in [-0.2, 0) is 11.2 Å². The Labute approximate surface area is 155 Å². The van der Waals surface area contributed by atoms with Crippen LogP contribution in [0.3, 0.4) is 0 Å². The van der Waals surface area contributed by atoms with Crippen LogP contribution in [0.25, 0.3) is 10.6 Å². The van der Waals surface area contributed by atoms with Gasteiger partial charge < -0.3 is 14.8 Å². The van der Waals surface area contributed by atoms with Crippen molar-refractivity contribution in [2.75, 3.05) is 13.2 Å². The summed E-state index contributed by atoms with van der Waals surface area (Å²) < 4.78 is 11.5. The molecule has 2 aromatic carbocycles. The number of nitrogens with one attached hydrogen (secondary N) is 1. The smallest absolute Gasteiger partial charge is 0.226 e. The van der Waals surface area contributed by atoms with E-state index in [1.807, 2.05) is 60.0 Å². The first-order valence-electron chi connectivity index (χ1n) is 8.43. The van der Waals surface area contributed by atoms with Gasteiger partial charge in [0, 0.05) is 10.9 Å². The summed E-state index contributed by atoms with van der Waals surface area (Å²) in [5.41, 5.74) is 1.84. The van der Waals surface area contributed by atoms with E-state index in [-0.39, 0.29) is 18.4 Å². The molecule has 1 atom stereocenters. The molecule has 5 nitrogen and oxygen atoms in total. The van der Waals surface area contributed by atoms with E-state index in [9.17, 15) is 4.79 Å². The quantitative estimate of drug-likeness (QED) is 0.753. The van der Waals surface area contributed by atoms with Crippen LogP contribution in [0.4, 0.5) is 0 Å². The highest BCUT2D eigenvalue weighted by atomic mass is 32.1. The van der Waals surface area contributed by atoms with E-state index in [2.05, 4.69) is 10.3 Å². The van der Waals surface area contributed by atoms with E-state index in [1.165, 1.54) is 0 Å². The third kappa shape index (κ3) is 3.86. The molecule has 0 saturated heterocycles. The number of benzene rings is 2. The summed E-state index contributed by atoms with van der Waals surface area (Å²) in [6.07, 6.45) is 0.0668. The number of para-hydroxylation sites is 2. The molecule has 132 valence electrons. The van der Waals surface area contributed by atoms with Gasteiger partial charge in [-0.3, -0.25) is 4.79 Å². The van der Waals surface area contributed by atoms with Crippen molar-refractivity contribution in [2.45, 2.75) is 12.5 Å². The lowest BCUT2D eigenvalue weighted by Crippen LogP contribution is -2.41. The number of nitrogens with zero attached hydrogens (tertiary/aromatic N) is 1. The summed E-state index contributed by atoms with van der Waals surface area (Å²) in [7, 11) is 0. The predicted molar refractivity (Wildman–Crippen MR) is 101 cm³/mol. The number of thiazole rings is 1. The summed E-state index contributed by atoms with van der Waals surface area (Å²) >= 11 is 1.55. The van der Waals surface area contributed by atoms with Crippen molar-refractivity contribution in [3.05, 3.63) is 65.7 Å². The third-order valence-corrected chi connectivity index (χ3v) is 4.95. The van der Waals surface area contributed by atoms with Crippen molar-refractivity contribution >= 4 is 17.2 Å². The molecule has 1 amide bonds. The van der Waals surface area contributed by atoms with Crippen molar-refractivity contribution in [2.24, 2.45) is 0 Å². The summed E-state index contributed by atoms with van der Waals surface area (Å²) in [5, 5.41) is 5.76. The van der Waals surface area contributed by atoms with E-state index < -0.39 is 0 Å². The molecule has 0 fully saturated rings. The van der Waals surface area contributed by atoms with Crippen molar-refractivity contribution < 1.29 is 14.3 Å². The molecule has 1 N–H and O–H groups in total. The first-order valence-corrected chi connectivity index (χ1v) is 9.31. The van der Waals surface area contributed by atoms with Gasteiger partial charge in [-0.05, 0) is 12.1 Å². The zero-order chi connectivity index (χ0) is 17.8. The predicted octanol–water partition coefficient (Wildman–Crippen LogP) is 3.31. The van der Waals surface area contributed by atoms with Gasteiger partial charge in [-0.2, -0.15) is 0 Å². The maximum Gasteiger partial charge on any atom is 0.226 e. The average molecular weight is 366 g/mol. The molecule has 4 rings (SSSR count). The highest BCUT2D eigenvalue weighted by molar-refractivity contribution is 7.13. The molecule has 1 aliphatic heterocycles. The van der Waals surface area contributed by atoms with Gasteiger partial charge in [-0.25, -0.2) is 4.98 Å². The van der Waals surface area contributed by atoms with Crippen LogP contribution in [0.1, 0.15) is 5.69 Å². The molecule has 0 saturated carbocycles. The molecule has 3 aromatic rings. The zero-order valence-corrected chi connectivity index (χ0v) is 14.9. The Morgan fingerprint density at radius 1 is 1.12 bits per heavy atom. The molecule has 2 heterocycles. The summed E-state index contributed by atoms with van der Waals surface area (Å²) in [6.45, 7) is 0.828. The van der Waals surface area contributed by atoms with Crippen LogP contribution < -0.4 is 14.8 Å². The maximum absolute atomic E-state index is 12.2. The largest absolute Gasteiger partial charge is 0.486 e. The number of hydrogen-bond donors (Lipinski definition) is 1. The van der Waals surface area contributed by atoms with E-state index in [1.54, 1.807) is 11.3 Å². The minimum Gasteiger partial charge on any atom is -0.486 e. The van der Waals surface area contributed by atoms with Gasteiger partial charge in [-0.1, -0.05) is 42.5 Å². The minimum atomic E-state index is -0.191. The summed E-state index contributed by atoms with van der Waals surface area (Å²) in [6, 6.07) is 17.5. The summed E-state index contributed by atoms with van der Waals surface area (Å²) in [5.74, 6) is 1.38. The Kier molecular flexibility index (Phi) is 4.84. The zero-order valence-electron chi connectivity index (χ0n) is 14.1. The second-order valence-electron chi connectivity index (χ2n) is 5.99. The van der Waals surface area contributed by atoms with Crippen LogP contribution in [-0.4, -0.2) is 30.1 Å². The van der Waals surface area contributed by atoms with Crippen molar-refractivity contribution in [3.8, 4) is 22.1 Å². The lowest BCUT2D eigenvalue weighted by Gasteiger charge is -2.26. The fourth-order valence-electron chi connectivity index (χ4n) is 2.72.